The lowest BCUT2D eigenvalue weighted by Gasteiger charge is -2.36. The molecule has 38 heavy (non-hydrogen) atoms. The molecule has 202 valence electrons. The highest BCUT2D eigenvalue weighted by Crippen LogP contribution is 2.23. The Bertz CT molecular complexity index is 1310. The van der Waals surface area contributed by atoms with Crippen molar-refractivity contribution in [1.82, 2.24) is 9.80 Å². The summed E-state index contributed by atoms with van der Waals surface area (Å²) in [5, 5.41) is 0. The first-order valence-electron chi connectivity index (χ1n) is 13.7. The first-order chi connectivity index (χ1) is 18.3. The molecule has 0 aliphatic carbocycles. The Kier molecular flexibility index (Phi) is 9.40. The molecule has 1 aliphatic heterocycles. The van der Waals surface area contributed by atoms with Gasteiger partial charge in [0.25, 0.3) is 5.91 Å². The third kappa shape index (κ3) is 7.12. The van der Waals surface area contributed by atoms with Crippen LogP contribution in [-0.4, -0.2) is 56.8 Å². The lowest BCUT2D eigenvalue weighted by atomic mass is 10.0. The van der Waals surface area contributed by atoms with E-state index in [2.05, 4.69) is 43.0 Å². The largest absolute Gasteiger partial charge is 0.336 e. The van der Waals surface area contributed by atoms with Crippen LogP contribution in [0.2, 0.25) is 0 Å². The third-order valence-electron chi connectivity index (χ3n) is 7.56. The van der Waals surface area contributed by atoms with Crippen LogP contribution in [0.5, 0.6) is 0 Å². The number of sulfone groups is 1. The van der Waals surface area contributed by atoms with E-state index in [4.69, 9.17) is 0 Å². The number of hydrogen-bond acceptors (Lipinski definition) is 4. The minimum Gasteiger partial charge on any atom is -0.336 e. The monoisotopic (exact) mass is 532 g/mol. The molecular formula is C32H40N2O3S. The number of carbonyl (C=O) groups is 1. The summed E-state index contributed by atoms with van der Waals surface area (Å²) in [5.41, 5.74) is 4.60. The van der Waals surface area contributed by atoms with Gasteiger partial charge in [-0.25, -0.2) is 8.42 Å². The van der Waals surface area contributed by atoms with Crippen molar-refractivity contribution in [3.05, 3.63) is 101 Å². The minimum absolute atomic E-state index is 0.0734. The molecule has 0 saturated carbocycles. The standard InChI is InChI=1S/C32H40N2O3S/c1-4-5-9-27-13-15-28(16-14-27)24-38(36,37)30-17-12-25(2)31(22-30)32(35)34-20-18-33(19-21-34)23-26(3)29-10-7-6-8-11-29/h6-8,10-17,22,26H,4-5,9,18-21,23-24H2,1-3H3. The number of piperazine rings is 1. The second-order valence-electron chi connectivity index (χ2n) is 10.6. The van der Waals surface area contributed by atoms with Crippen molar-refractivity contribution in [1.29, 1.82) is 0 Å². The van der Waals surface area contributed by atoms with Crippen molar-refractivity contribution in [2.75, 3.05) is 32.7 Å². The van der Waals surface area contributed by atoms with Crippen molar-refractivity contribution in [3.8, 4) is 0 Å². The average molecular weight is 533 g/mol. The van der Waals surface area contributed by atoms with Gasteiger partial charge in [-0.15, -0.1) is 0 Å². The Balaban J connectivity index is 1.39. The van der Waals surface area contributed by atoms with Crippen molar-refractivity contribution in [2.24, 2.45) is 0 Å². The number of carbonyl (C=O) groups excluding carboxylic acids is 1. The van der Waals surface area contributed by atoms with Crippen molar-refractivity contribution in [2.45, 2.75) is 56.6 Å². The first-order valence-corrected chi connectivity index (χ1v) is 15.4. The Morgan fingerprint density at radius 3 is 2.21 bits per heavy atom. The minimum atomic E-state index is -3.57. The number of amides is 1. The van der Waals surface area contributed by atoms with E-state index < -0.39 is 9.84 Å². The summed E-state index contributed by atoms with van der Waals surface area (Å²) >= 11 is 0. The van der Waals surface area contributed by atoms with Crippen LogP contribution in [0.25, 0.3) is 0 Å². The highest BCUT2D eigenvalue weighted by atomic mass is 32.2. The van der Waals surface area contributed by atoms with Gasteiger partial charge in [0.05, 0.1) is 10.6 Å². The SMILES string of the molecule is CCCCc1ccc(CS(=O)(=O)c2ccc(C)c(C(=O)N3CCN(CC(C)c4ccccc4)CC3)c2)cc1. The van der Waals surface area contributed by atoms with Crippen LogP contribution in [0.15, 0.2) is 77.7 Å². The molecule has 1 saturated heterocycles. The van der Waals surface area contributed by atoms with Crippen molar-refractivity contribution < 1.29 is 13.2 Å². The van der Waals surface area contributed by atoms with Crippen LogP contribution in [-0.2, 0) is 22.0 Å². The highest BCUT2D eigenvalue weighted by Gasteiger charge is 2.26. The predicted octanol–water partition coefficient (Wildman–Crippen LogP) is 5.87. The molecule has 0 bridgehead atoms. The number of rotatable bonds is 10. The normalized spacial score (nSPS) is 15.4. The quantitative estimate of drug-likeness (QED) is 0.328. The van der Waals surface area contributed by atoms with Gasteiger partial charge in [0.1, 0.15) is 0 Å². The maximum absolute atomic E-state index is 13.4. The zero-order valence-corrected chi connectivity index (χ0v) is 23.7. The van der Waals surface area contributed by atoms with Crippen LogP contribution in [0.4, 0.5) is 0 Å². The Morgan fingerprint density at radius 2 is 1.55 bits per heavy atom. The molecule has 1 fully saturated rings. The topological polar surface area (TPSA) is 57.7 Å². The molecule has 0 N–H and O–H groups in total. The maximum atomic E-state index is 13.4. The van der Waals surface area contributed by atoms with E-state index >= 15 is 0 Å². The van der Waals surface area contributed by atoms with Gasteiger partial charge < -0.3 is 4.90 Å². The second-order valence-corrected chi connectivity index (χ2v) is 12.5. The molecule has 0 spiro atoms. The molecule has 4 rings (SSSR count). The van der Waals surface area contributed by atoms with E-state index in [-0.39, 0.29) is 16.6 Å². The fraction of sp³-hybridized carbons (Fsp3) is 0.406. The van der Waals surface area contributed by atoms with Crippen molar-refractivity contribution in [3.63, 3.8) is 0 Å². The molecule has 1 aliphatic rings. The van der Waals surface area contributed by atoms with E-state index in [0.717, 1.165) is 50.0 Å². The summed E-state index contributed by atoms with van der Waals surface area (Å²) in [6, 6.07) is 23.3. The summed E-state index contributed by atoms with van der Waals surface area (Å²) < 4.78 is 26.5. The van der Waals surface area contributed by atoms with E-state index in [1.54, 1.807) is 18.2 Å². The number of nitrogens with zero attached hydrogens (tertiary/aromatic N) is 2. The first kappa shape index (κ1) is 28.1. The summed E-state index contributed by atoms with van der Waals surface area (Å²) in [5.74, 6) is 0.265. The van der Waals surface area contributed by atoms with Crippen LogP contribution in [0, 0.1) is 6.92 Å². The third-order valence-corrected chi connectivity index (χ3v) is 9.24. The van der Waals surface area contributed by atoms with Gasteiger partial charge in [0.15, 0.2) is 9.84 Å². The van der Waals surface area contributed by atoms with Crippen LogP contribution in [0.1, 0.15) is 65.2 Å². The molecule has 1 unspecified atom stereocenters. The van der Waals surface area contributed by atoms with E-state index in [9.17, 15) is 13.2 Å². The van der Waals surface area contributed by atoms with Crippen LogP contribution >= 0.6 is 0 Å². The highest BCUT2D eigenvalue weighted by molar-refractivity contribution is 7.90. The van der Waals surface area contributed by atoms with Gasteiger partial charge >= 0.3 is 0 Å². The molecule has 1 amide bonds. The zero-order valence-electron chi connectivity index (χ0n) is 22.9. The fourth-order valence-electron chi connectivity index (χ4n) is 5.09. The molecule has 1 atom stereocenters. The average Bonchev–Trinajstić information content (AvgIpc) is 2.93. The van der Waals surface area contributed by atoms with E-state index in [0.29, 0.717) is 24.6 Å². The zero-order chi connectivity index (χ0) is 27.1. The van der Waals surface area contributed by atoms with Crippen LogP contribution in [0.3, 0.4) is 0 Å². The molecule has 6 heteroatoms. The lowest BCUT2D eigenvalue weighted by molar-refractivity contribution is 0.0630. The summed E-state index contributed by atoms with van der Waals surface area (Å²) in [7, 11) is -3.57. The summed E-state index contributed by atoms with van der Waals surface area (Å²) in [6.45, 7) is 10.1. The fourth-order valence-corrected chi connectivity index (χ4v) is 6.46. The number of benzene rings is 3. The predicted molar refractivity (Wildman–Crippen MR) is 154 cm³/mol. The number of aryl methyl sites for hydroxylation is 2. The van der Waals surface area contributed by atoms with Gasteiger partial charge in [-0.05, 0) is 60.1 Å². The van der Waals surface area contributed by atoms with Gasteiger partial charge in [-0.2, -0.15) is 0 Å². The Hall–Kier alpha value is -2.96. The van der Waals surface area contributed by atoms with Gasteiger partial charge in [-0.1, -0.05) is 80.9 Å². The van der Waals surface area contributed by atoms with E-state index in [1.807, 2.05) is 42.2 Å². The maximum Gasteiger partial charge on any atom is 0.254 e. The number of hydrogen-bond donors (Lipinski definition) is 0. The van der Waals surface area contributed by atoms with Crippen molar-refractivity contribution >= 4 is 15.7 Å². The molecule has 3 aromatic carbocycles. The second kappa shape index (κ2) is 12.7. The van der Waals surface area contributed by atoms with E-state index in [1.165, 1.54) is 11.1 Å². The van der Waals surface area contributed by atoms with Gasteiger partial charge in [0.2, 0.25) is 0 Å². The molecule has 0 aromatic heterocycles. The molecular weight excluding hydrogens is 492 g/mol. The molecule has 5 nitrogen and oxygen atoms in total. The Morgan fingerprint density at radius 1 is 0.895 bits per heavy atom. The molecule has 0 radical (unpaired) electrons. The Labute approximate surface area is 228 Å². The smallest absolute Gasteiger partial charge is 0.254 e. The molecule has 3 aromatic rings. The van der Waals surface area contributed by atoms with Crippen LogP contribution < -0.4 is 0 Å². The molecule has 1 heterocycles. The number of unbranched alkanes of at least 4 members (excludes halogenated alkanes) is 1. The summed E-state index contributed by atoms with van der Waals surface area (Å²) in [6.07, 6.45) is 3.26. The van der Waals surface area contributed by atoms with Gasteiger partial charge in [-0.3, -0.25) is 9.69 Å². The lowest BCUT2D eigenvalue weighted by Crippen LogP contribution is -2.49. The summed E-state index contributed by atoms with van der Waals surface area (Å²) in [4.78, 5) is 17.9. The van der Waals surface area contributed by atoms with Gasteiger partial charge in [0, 0.05) is 38.3 Å².